The Labute approximate surface area is 221 Å². The molecular formula is C32H54O4. The summed E-state index contributed by atoms with van der Waals surface area (Å²) < 4.78 is 11.0. The molecule has 0 aliphatic rings. The second-order valence-electron chi connectivity index (χ2n) is 10.2. The quantitative estimate of drug-likeness (QED) is 0.104. The first-order chi connectivity index (χ1) is 17.7. The largest absolute Gasteiger partial charge is 0.466 e. The van der Waals surface area contributed by atoms with Crippen LogP contribution in [0.4, 0.5) is 0 Å². The number of unbranched alkanes of at least 4 members (excludes halogenated alkanes) is 16. The number of hydrogen-bond donors (Lipinski definition) is 0. The number of hydrogen-bond acceptors (Lipinski definition) is 4. The third-order valence-electron chi connectivity index (χ3n) is 6.86. The fourth-order valence-electron chi connectivity index (χ4n) is 4.53. The summed E-state index contributed by atoms with van der Waals surface area (Å²) >= 11 is 0. The van der Waals surface area contributed by atoms with E-state index in [2.05, 4.69) is 13.8 Å². The Kier molecular flexibility index (Phi) is 21.1. The summed E-state index contributed by atoms with van der Waals surface area (Å²) in [7, 11) is 0. The van der Waals surface area contributed by atoms with Crippen molar-refractivity contribution >= 4 is 11.9 Å². The first-order valence-electron chi connectivity index (χ1n) is 15.1. The maximum absolute atomic E-state index is 12.8. The van der Waals surface area contributed by atoms with Crippen LogP contribution >= 0.6 is 0 Å². The van der Waals surface area contributed by atoms with E-state index < -0.39 is 5.92 Å². The highest BCUT2D eigenvalue weighted by Crippen LogP contribution is 2.22. The summed E-state index contributed by atoms with van der Waals surface area (Å²) in [5, 5.41) is 0. The smallest absolute Gasteiger partial charge is 0.314 e. The zero-order chi connectivity index (χ0) is 26.1. The van der Waals surface area contributed by atoms with Crippen LogP contribution < -0.4 is 0 Å². The monoisotopic (exact) mass is 502 g/mol. The van der Waals surface area contributed by atoms with Crippen LogP contribution in [0.3, 0.4) is 0 Å². The van der Waals surface area contributed by atoms with Crippen molar-refractivity contribution < 1.29 is 19.1 Å². The lowest BCUT2D eigenvalue weighted by molar-refractivity contribution is -0.152. The van der Waals surface area contributed by atoms with Gasteiger partial charge in [0.2, 0.25) is 0 Å². The Morgan fingerprint density at radius 2 is 1.00 bits per heavy atom. The average Bonchev–Trinajstić information content (AvgIpc) is 2.89. The molecule has 1 unspecified atom stereocenters. The molecule has 0 spiro atoms. The molecule has 0 amide bonds. The van der Waals surface area contributed by atoms with Crippen molar-refractivity contribution in [3.63, 3.8) is 0 Å². The summed E-state index contributed by atoms with van der Waals surface area (Å²) in [6.45, 7) is 5.34. The van der Waals surface area contributed by atoms with E-state index in [0.717, 1.165) is 31.2 Å². The number of carbonyl (C=O) groups excluding carboxylic acids is 2. The Morgan fingerprint density at radius 1 is 0.583 bits per heavy atom. The van der Waals surface area contributed by atoms with Gasteiger partial charge < -0.3 is 9.47 Å². The highest BCUT2D eigenvalue weighted by Gasteiger charge is 2.26. The standard InChI is InChI=1S/C32H54O4/c1-3-5-7-9-11-13-15-17-22-26-35-31(33)28-30(29-24-20-19-21-25-29)32(34)36-27-23-18-16-14-12-10-8-6-4-2/h19-21,24-25,30H,3-18,22-23,26-28H2,1-2H3. The number of rotatable bonds is 24. The van der Waals surface area contributed by atoms with E-state index in [1.54, 1.807) is 0 Å². The molecule has 0 saturated heterocycles. The molecule has 0 N–H and O–H groups in total. The molecule has 0 heterocycles. The first-order valence-corrected chi connectivity index (χ1v) is 15.1. The van der Waals surface area contributed by atoms with Gasteiger partial charge in [0.15, 0.2) is 0 Å². The number of benzene rings is 1. The highest BCUT2D eigenvalue weighted by molar-refractivity contribution is 5.84. The van der Waals surface area contributed by atoms with Gasteiger partial charge in [-0.15, -0.1) is 0 Å². The SMILES string of the molecule is CCCCCCCCCCCOC(=O)CC(C(=O)OCCCCCCCCCCC)c1ccccc1. The first kappa shape index (κ1) is 32.2. The molecule has 36 heavy (non-hydrogen) atoms. The maximum atomic E-state index is 12.8. The van der Waals surface area contributed by atoms with Crippen molar-refractivity contribution in [2.45, 2.75) is 142 Å². The lowest BCUT2D eigenvalue weighted by Gasteiger charge is -2.16. The summed E-state index contributed by atoms with van der Waals surface area (Å²) in [6.07, 6.45) is 22.1. The predicted octanol–water partition coefficient (Wildman–Crippen LogP) is 9.31. The van der Waals surface area contributed by atoms with Gasteiger partial charge in [0.05, 0.1) is 25.6 Å². The van der Waals surface area contributed by atoms with Gasteiger partial charge in [-0.1, -0.05) is 147 Å². The van der Waals surface area contributed by atoms with Crippen molar-refractivity contribution in [2.24, 2.45) is 0 Å². The minimum Gasteiger partial charge on any atom is -0.466 e. The third-order valence-corrected chi connectivity index (χ3v) is 6.86. The van der Waals surface area contributed by atoms with Gasteiger partial charge in [-0.25, -0.2) is 0 Å². The molecule has 4 heteroatoms. The lowest BCUT2D eigenvalue weighted by Crippen LogP contribution is -2.21. The van der Waals surface area contributed by atoms with Crippen LogP contribution in [0.2, 0.25) is 0 Å². The molecule has 1 aromatic carbocycles. The van der Waals surface area contributed by atoms with Crippen LogP contribution in [0.1, 0.15) is 147 Å². The molecule has 0 aliphatic carbocycles. The predicted molar refractivity (Wildman–Crippen MR) is 150 cm³/mol. The molecule has 0 fully saturated rings. The third kappa shape index (κ3) is 17.6. The average molecular weight is 503 g/mol. The van der Waals surface area contributed by atoms with Crippen molar-refractivity contribution in [2.75, 3.05) is 13.2 Å². The van der Waals surface area contributed by atoms with Crippen LogP contribution in [0.15, 0.2) is 30.3 Å². The molecule has 1 rings (SSSR count). The molecule has 1 atom stereocenters. The summed E-state index contributed by atoms with van der Waals surface area (Å²) in [4.78, 5) is 25.3. The molecule has 0 saturated carbocycles. The fraction of sp³-hybridized carbons (Fsp3) is 0.750. The molecule has 0 aromatic heterocycles. The van der Waals surface area contributed by atoms with Crippen molar-refractivity contribution in [3.8, 4) is 0 Å². The molecule has 0 radical (unpaired) electrons. The van der Waals surface area contributed by atoms with Crippen molar-refractivity contribution in [1.29, 1.82) is 0 Å². The van der Waals surface area contributed by atoms with Gasteiger partial charge in [-0.3, -0.25) is 9.59 Å². The Morgan fingerprint density at radius 3 is 1.47 bits per heavy atom. The van der Waals surface area contributed by atoms with Gasteiger partial charge >= 0.3 is 11.9 Å². The van der Waals surface area contributed by atoms with E-state index >= 15 is 0 Å². The number of esters is 2. The topological polar surface area (TPSA) is 52.6 Å². The van der Waals surface area contributed by atoms with E-state index in [9.17, 15) is 9.59 Å². The van der Waals surface area contributed by atoms with Crippen molar-refractivity contribution in [1.82, 2.24) is 0 Å². The zero-order valence-corrected chi connectivity index (χ0v) is 23.4. The van der Waals surface area contributed by atoms with E-state index in [-0.39, 0.29) is 18.4 Å². The minimum atomic E-state index is -0.597. The van der Waals surface area contributed by atoms with Crippen LogP contribution in [0.5, 0.6) is 0 Å². The van der Waals surface area contributed by atoms with Gasteiger partial charge in [0, 0.05) is 0 Å². The molecule has 206 valence electrons. The Bertz CT molecular complexity index is 643. The van der Waals surface area contributed by atoms with Crippen molar-refractivity contribution in [3.05, 3.63) is 35.9 Å². The fourth-order valence-corrected chi connectivity index (χ4v) is 4.53. The van der Waals surface area contributed by atoms with Crippen LogP contribution in [0.25, 0.3) is 0 Å². The normalized spacial score (nSPS) is 11.8. The van der Waals surface area contributed by atoms with Gasteiger partial charge in [-0.2, -0.15) is 0 Å². The second kappa shape index (κ2) is 23.6. The summed E-state index contributed by atoms with van der Waals surface area (Å²) in [5.74, 6) is -1.23. The molecule has 0 aliphatic heterocycles. The lowest BCUT2D eigenvalue weighted by atomic mass is 9.96. The van der Waals surface area contributed by atoms with Crippen LogP contribution in [-0.4, -0.2) is 25.2 Å². The Hall–Kier alpha value is -1.84. The maximum Gasteiger partial charge on any atom is 0.314 e. The van der Waals surface area contributed by atoms with Gasteiger partial charge in [0.1, 0.15) is 0 Å². The van der Waals surface area contributed by atoms with E-state index in [0.29, 0.717) is 13.2 Å². The molecular weight excluding hydrogens is 448 g/mol. The van der Waals surface area contributed by atoms with E-state index in [1.165, 1.54) is 89.9 Å². The minimum absolute atomic E-state index is 0.0397. The zero-order valence-electron chi connectivity index (χ0n) is 23.4. The van der Waals surface area contributed by atoms with Gasteiger partial charge in [0.25, 0.3) is 0 Å². The molecule has 4 nitrogen and oxygen atoms in total. The summed E-state index contributed by atoms with van der Waals surface area (Å²) in [5.41, 5.74) is 0.814. The highest BCUT2D eigenvalue weighted by atomic mass is 16.5. The number of ether oxygens (including phenoxy) is 2. The second-order valence-corrected chi connectivity index (χ2v) is 10.2. The van der Waals surface area contributed by atoms with Crippen LogP contribution in [-0.2, 0) is 19.1 Å². The number of carbonyl (C=O) groups is 2. The van der Waals surface area contributed by atoms with Crippen LogP contribution in [0, 0.1) is 0 Å². The molecule has 0 bridgehead atoms. The Balaban J connectivity index is 2.25. The van der Waals surface area contributed by atoms with E-state index in [1.807, 2.05) is 30.3 Å². The van der Waals surface area contributed by atoms with E-state index in [4.69, 9.17) is 9.47 Å². The summed E-state index contributed by atoms with van der Waals surface area (Å²) in [6, 6.07) is 9.47. The van der Waals surface area contributed by atoms with Gasteiger partial charge in [-0.05, 0) is 18.4 Å². The molecule has 1 aromatic rings.